The maximum Gasteiger partial charge on any atom is 0.296 e. The van der Waals surface area contributed by atoms with Crippen molar-refractivity contribution in [2.45, 2.75) is 0 Å². The number of benzene rings is 1. The SMILES string of the molecule is COc1ccc(NC(=O)C2CNC2)c([N+](=O)[O-])c1. The first kappa shape index (κ1) is 12.3. The molecule has 1 aromatic carbocycles. The Bertz CT molecular complexity index is 485. The number of anilines is 1. The second kappa shape index (κ2) is 5.01. The number of ether oxygens (including phenoxy) is 1. The maximum absolute atomic E-state index is 11.7. The van der Waals surface area contributed by atoms with Crippen molar-refractivity contribution in [2.24, 2.45) is 5.92 Å². The first-order chi connectivity index (χ1) is 8.61. The Morgan fingerprint density at radius 1 is 1.56 bits per heavy atom. The maximum atomic E-state index is 11.7. The van der Waals surface area contributed by atoms with Crippen molar-refractivity contribution in [1.29, 1.82) is 0 Å². The summed E-state index contributed by atoms with van der Waals surface area (Å²) in [7, 11) is 1.43. The molecule has 1 aliphatic heterocycles. The molecule has 1 heterocycles. The fourth-order valence-electron chi connectivity index (χ4n) is 1.60. The molecule has 7 heteroatoms. The highest BCUT2D eigenvalue weighted by molar-refractivity contribution is 5.95. The normalized spacial score (nSPS) is 14.7. The number of hydrogen-bond donors (Lipinski definition) is 2. The van der Waals surface area contributed by atoms with Crippen LogP contribution in [-0.4, -0.2) is 31.0 Å². The van der Waals surface area contributed by atoms with Gasteiger partial charge in [0.25, 0.3) is 5.69 Å². The summed E-state index contributed by atoms with van der Waals surface area (Å²) in [5.74, 6) is 0.0544. The number of hydrogen-bond acceptors (Lipinski definition) is 5. The Labute approximate surface area is 103 Å². The molecule has 2 rings (SSSR count). The fourth-order valence-corrected chi connectivity index (χ4v) is 1.60. The Hall–Kier alpha value is -2.15. The molecule has 0 aromatic heterocycles. The number of carbonyl (C=O) groups excluding carboxylic acids is 1. The Morgan fingerprint density at radius 3 is 2.78 bits per heavy atom. The number of nitrogens with zero attached hydrogens (tertiary/aromatic N) is 1. The van der Waals surface area contributed by atoms with Crippen LogP contribution in [0.2, 0.25) is 0 Å². The van der Waals surface area contributed by atoms with Crippen LogP contribution < -0.4 is 15.4 Å². The van der Waals surface area contributed by atoms with E-state index in [0.29, 0.717) is 18.8 Å². The van der Waals surface area contributed by atoms with E-state index in [2.05, 4.69) is 10.6 Å². The summed E-state index contributed by atoms with van der Waals surface area (Å²) in [5.41, 5.74) is 0.0210. The molecule has 0 saturated carbocycles. The third kappa shape index (κ3) is 2.40. The summed E-state index contributed by atoms with van der Waals surface area (Å²) >= 11 is 0. The van der Waals surface area contributed by atoms with Gasteiger partial charge in [-0.3, -0.25) is 14.9 Å². The summed E-state index contributed by atoms with van der Waals surface area (Å²) in [6, 6.07) is 4.33. The molecule has 1 aromatic rings. The monoisotopic (exact) mass is 251 g/mol. The smallest absolute Gasteiger partial charge is 0.296 e. The number of nitrogens with one attached hydrogen (secondary N) is 2. The van der Waals surface area contributed by atoms with Gasteiger partial charge < -0.3 is 15.4 Å². The number of rotatable bonds is 4. The average molecular weight is 251 g/mol. The number of nitro groups is 1. The first-order valence-electron chi connectivity index (χ1n) is 5.46. The highest BCUT2D eigenvalue weighted by Crippen LogP contribution is 2.29. The molecule has 0 unspecified atom stereocenters. The van der Waals surface area contributed by atoms with E-state index in [4.69, 9.17) is 4.74 Å². The fraction of sp³-hybridized carbons (Fsp3) is 0.364. The van der Waals surface area contributed by atoms with E-state index < -0.39 is 4.92 Å². The summed E-state index contributed by atoms with van der Waals surface area (Å²) < 4.78 is 4.92. The number of carbonyl (C=O) groups is 1. The summed E-state index contributed by atoms with van der Waals surface area (Å²) in [5, 5.41) is 16.4. The highest BCUT2D eigenvalue weighted by Gasteiger charge is 2.26. The van der Waals surface area contributed by atoms with Crippen LogP contribution in [-0.2, 0) is 4.79 Å². The third-order valence-electron chi connectivity index (χ3n) is 2.81. The molecule has 0 spiro atoms. The molecule has 18 heavy (non-hydrogen) atoms. The zero-order valence-electron chi connectivity index (χ0n) is 9.80. The van der Waals surface area contributed by atoms with Crippen LogP contribution in [0.3, 0.4) is 0 Å². The third-order valence-corrected chi connectivity index (χ3v) is 2.81. The average Bonchev–Trinajstić information content (AvgIpc) is 2.26. The number of nitro benzene ring substituents is 1. The van der Waals surface area contributed by atoms with Crippen LogP contribution in [0.25, 0.3) is 0 Å². The van der Waals surface area contributed by atoms with E-state index >= 15 is 0 Å². The molecule has 2 N–H and O–H groups in total. The lowest BCUT2D eigenvalue weighted by Gasteiger charge is -2.25. The van der Waals surface area contributed by atoms with Crippen molar-refractivity contribution in [3.05, 3.63) is 28.3 Å². The van der Waals surface area contributed by atoms with Crippen molar-refractivity contribution < 1.29 is 14.5 Å². The van der Waals surface area contributed by atoms with Gasteiger partial charge in [-0.1, -0.05) is 0 Å². The second-order valence-electron chi connectivity index (χ2n) is 3.98. The van der Waals surface area contributed by atoms with E-state index in [-0.39, 0.29) is 23.2 Å². The van der Waals surface area contributed by atoms with Gasteiger partial charge in [0.15, 0.2) is 0 Å². The zero-order chi connectivity index (χ0) is 13.1. The van der Waals surface area contributed by atoms with Gasteiger partial charge in [-0.25, -0.2) is 0 Å². The van der Waals surface area contributed by atoms with Gasteiger partial charge in [-0.05, 0) is 12.1 Å². The van der Waals surface area contributed by atoms with Crippen molar-refractivity contribution >= 4 is 17.3 Å². The predicted octanol–water partition coefficient (Wildman–Crippen LogP) is 0.761. The topological polar surface area (TPSA) is 93.5 Å². The number of amides is 1. The van der Waals surface area contributed by atoms with Crippen LogP contribution in [0.4, 0.5) is 11.4 Å². The van der Waals surface area contributed by atoms with Crippen molar-refractivity contribution in [3.8, 4) is 5.75 Å². The van der Waals surface area contributed by atoms with E-state index in [1.54, 1.807) is 6.07 Å². The standard InChI is InChI=1S/C11H13N3O4/c1-18-8-2-3-9(10(4-8)14(16)17)13-11(15)7-5-12-6-7/h2-4,7,12H,5-6H2,1H3,(H,13,15). The van der Waals surface area contributed by atoms with Crippen molar-refractivity contribution in [1.82, 2.24) is 5.32 Å². The Balaban J connectivity index is 2.20. The predicted molar refractivity (Wildman–Crippen MR) is 64.6 cm³/mol. The largest absolute Gasteiger partial charge is 0.496 e. The van der Waals surface area contributed by atoms with Gasteiger partial charge in [0.05, 0.1) is 24.0 Å². The summed E-state index contributed by atoms with van der Waals surface area (Å²) in [4.78, 5) is 22.1. The zero-order valence-corrected chi connectivity index (χ0v) is 9.80. The Morgan fingerprint density at radius 2 is 2.28 bits per heavy atom. The summed E-state index contributed by atoms with van der Waals surface area (Å²) in [6.45, 7) is 1.21. The molecule has 1 saturated heterocycles. The van der Waals surface area contributed by atoms with Crippen LogP contribution in [0.15, 0.2) is 18.2 Å². The lowest BCUT2D eigenvalue weighted by molar-refractivity contribution is -0.384. The van der Waals surface area contributed by atoms with Gasteiger partial charge in [0, 0.05) is 13.1 Å². The van der Waals surface area contributed by atoms with Gasteiger partial charge >= 0.3 is 0 Å². The molecule has 0 radical (unpaired) electrons. The Kier molecular flexibility index (Phi) is 3.42. The molecule has 7 nitrogen and oxygen atoms in total. The van der Waals surface area contributed by atoms with Crippen LogP contribution in [0.1, 0.15) is 0 Å². The first-order valence-corrected chi connectivity index (χ1v) is 5.46. The van der Waals surface area contributed by atoms with Gasteiger partial charge in [-0.2, -0.15) is 0 Å². The molecule has 1 aliphatic rings. The number of methoxy groups -OCH3 is 1. The molecule has 1 fully saturated rings. The summed E-state index contributed by atoms with van der Waals surface area (Å²) in [6.07, 6.45) is 0. The minimum absolute atomic E-state index is 0.119. The quantitative estimate of drug-likeness (QED) is 0.608. The molecule has 96 valence electrons. The molecule has 0 aliphatic carbocycles. The van der Waals surface area contributed by atoms with E-state index in [1.807, 2.05) is 0 Å². The van der Waals surface area contributed by atoms with Crippen molar-refractivity contribution in [2.75, 3.05) is 25.5 Å². The van der Waals surface area contributed by atoms with E-state index in [9.17, 15) is 14.9 Å². The van der Waals surface area contributed by atoms with Crippen LogP contribution >= 0.6 is 0 Å². The molecule has 1 amide bonds. The molecular weight excluding hydrogens is 238 g/mol. The molecule has 0 bridgehead atoms. The second-order valence-corrected chi connectivity index (χ2v) is 3.98. The van der Waals surface area contributed by atoms with Gasteiger partial charge in [-0.15, -0.1) is 0 Å². The minimum Gasteiger partial charge on any atom is -0.496 e. The molecular formula is C11H13N3O4. The minimum atomic E-state index is -0.544. The van der Waals surface area contributed by atoms with Gasteiger partial charge in [0.1, 0.15) is 11.4 Å². The van der Waals surface area contributed by atoms with E-state index in [0.717, 1.165) is 0 Å². The lowest BCUT2D eigenvalue weighted by atomic mass is 10.0. The van der Waals surface area contributed by atoms with E-state index in [1.165, 1.54) is 19.2 Å². The van der Waals surface area contributed by atoms with Gasteiger partial charge in [0.2, 0.25) is 5.91 Å². The molecule has 0 atom stereocenters. The van der Waals surface area contributed by atoms with Crippen LogP contribution in [0, 0.1) is 16.0 Å². The van der Waals surface area contributed by atoms with Crippen LogP contribution in [0.5, 0.6) is 5.75 Å². The van der Waals surface area contributed by atoms with Crippen molar-refractivity contribution in [3.63, 3.8) is 0 Å². The highest BCUT2D eigenvalue weighted by atomic mass is 16.6. The lowest BCUT2D eigenvalue weighted by Crippen LogP contribution is -2.48.